The van der Waals surface area contributed by atoms with Crippen molar-refractivity contribution in [1.29, 1.82) is 0 Å². The quantitative estimate of drug-likeness (QED) is 0.591. The van der Waals surface area contributed by atoms with Crippen LogP contribution in [0.4, 0.5) is 0 Å². The Kier molecular flexibility index (Phi) is 6.74. The maximum atomic E-state index is 9.95. The number of hydrogen-bond donors (Lipinski definition) is 1. The van der Waals surface area contributed by atoms with Crippen LogP contribution in [-0.4, -0.2) is 36.3 Å². The van der Waals surface area contributed by atoms with Crippen LogP contribution in [0.2, 0.25) is 0 Å². The van der Waals surface area contributed by atoms with Crippen LogP contribution in [0.15, 0.2) is 0 Å². The Morgan fingerprint density at radius 1 is 1.60 bits per heavy atom. The molecule has 0 amide bonds. The highest BCUT2D eigenvalue weighted by Crippen LogP contribution is 1.91. The Bertz CT molecular complexity index is 95.0. The van der Waals surface area contributed by atoms with Gasteiger partial charge in [0.05, 0.1) is 19.6 Å². The molecule has 0 fully saturated rings. The zero-order chi connectivity index (χ0) is 7.82. The number of carboxylic acids is 1. The molecule has 0 aliphatic rings. The Balaban J connectivity index is 2.84. The van der Waals surface area contributed by atoms with Gasteiger partial charge < -0.3 is 9.84 Å². The standard InChI is InChI=1S/C6H12O3S/c1-10-5-4-9-3-2-6(7)8/h2-5H2,1H3,(H,7,8). The van der Waals surface area contributed by atoms with Gasteiger partial charge in [-0.3, -0.25) is 4.79 Å². The van der Waals surface area contributed by atoms with E-state index in [1.807, 2.05) is 6.26 Å². The van der Waals surface area contributed by atoms with E-state index in [0.717, 1.165) is 5.75 Å². The number of aliphatic carboxylic acids is 1. The molecule has 0 spiro atoms. The molecule has 0 saturated heterocycles. The summed E-state index contributed by atoms with van der Waals surface area (Å²) < 4.78 is 4.98. The van der Waals surface area contributed by atoms with E-state index in [2.05, 4.69) is 0 Å². The Morgan fingerprint density at radius 2 is 2.30 bits per heavy atom. The molecule has 4 heteroatoms. The minimum atomic E-state index is -0.802. The van der Waals surface area contributed by atoms with Crippen molar-refractivity contribution in [2.24, 2.45) is 0 Å². The fourth-order valence-corrected chi connectivity index (χ4v) is 0.688. The lowest BCUT2D eigenvalue weighted by Gasteiger charge is -1.98. The van der Waals surface area contributed by atoms with Crippen molar-refractivity contribution in [1.82, 2.24) is 0 Å². The Labute approximate surface area is 64.8 Å². The van der Waals surface area contributed by atoms with E-state index in [1.165, 1.54) is 0 Å². The van der Waals surface area contributed by atoms with Gasteiger partial charge in [0.2, 0.25) is 0 Å². The van der Waals surface area contributed by atoms with Crippen LogP contribution in [0.3, 0.4) is 0 Å². The van der Waals surface area contributed by atoms with Crippen molar-refractivity contribution in [3.63, 3.8) is 0 Å². The molecule has 0 aliphatic heterocycles. The summed E-state index contributed by atoms with van der Waals surface area (Å²) in [5.74, 6) is 0.128. The SMILES string of the molecule is CSCCOCCC(=O)O. The average Bonchev–Trinajstić information content (AvgIpc) is 1.87. The monoisotopic (exact) mass is 164 g/mol. The van der Waals surface area contributed by atoms with Gasteiger partial charge in [0.25, 0.3) is 0 Å². The third kappa shape index (κ3) is 7.78. The lowest BCUT2D eigenvalue weighted by Crippen LogP contribution is -2.04. The van der Waals surface area contributed by atoms with Gasteiger partial charge >= 0.3 is 5.97 Å². The molecule has 0 bridgehead atoms. The summed E-state index contributed by atoms with van der Waals surface area (Å²) in [5.41, 5.74) is 0. The minimum Gasteiger partial charge on any atom is -0.481 e. The first-order chi connectivity index (χ1) is 4.77. The molecule has 3 nitrogen and oxygen atoms in total. The molecule has 0 rings (SSSR count). The first-order valence-corrected chi connectivity index (χ1v) is 4.45. The van der Waals surface area contributed by atoms with E-state index in [1.54, 1.807) is 11.8 Å². The summed E-state index contributed by atoms with van der Waals surface area (Å²) in [4.78, 5) is 9.95. The largest absolute Gasteiger partial charge is 0.481 e. The third-order valence-corrected chi connectivity index (χ3v) is 1.47. The second kappa shape index (κ2) is 6.89. The van der Waals surface area contributed by atoms with Crippen LogP contribution in [0.5, 0.6) is 0 Å². The van der Waals surface area contributed by atoms with Crippen LogP contribution in [0.1, 0.15) is 6.42 Å². The molecule has 0 unspecified atom stereocenters. The summed E-state index contributed by atoms with van der Waals surface area (Å²) in [7, 11) is 0. The molecule has 0 saturated carbocycles. The van der Waals surface area contributed by atoms with Gasteiger partial charge in [0.1, 0.15) is 0 Å². The molecule has 0 aromatic rings. The van der Waals surface area contributed by atoms with Crippen LogP contribution >= 0.6 is 11.8 Å². The number of ether oxygens (including phenoxy) is 1. The number of carboxylic acid groups (broad SMARTS) is 1. The van der Waals surface area contributed by atoms with Crippen molar-refractivity contribution in [3.8, 4) is 0 Å². The van der Waals surface area contributed by atoms with Crippen molar-refractivity contribution in [2.45, 2.75) is 6.42 Å². The summed E-state index contributed by atoms with van der Waals surface area (Å²) in [5, 5.41) is 8.18. The smallest absolute Gasteiger partial charge is 0.305 e. The van der Waals surface area contributed by atoms with Gasteiger partial charge in [-0.1, -0.05) is 0 Å². The molecule has 0 aromatic heterocycles. The third-order valence-electron chi connectivity index (χ3n) is 0.892. The number of thioether (sulfide) groups is 1. The average molecular weight is 164 g/mol. The zero-order valence-electron chi connectivity index (χ0n) is 6.00. The summed E-state index contributed by atoms with van der Waals surface area (Å²) in [6.45, 7) is 0.977. The van der Waals surface area contributed by atoms with Crippen LogP contribution in [0.25, 0.3) is 0 Å². The molecule has 1 N–H and O–H groups in total. The maximum absolute atomic E-state index is 9.95. The number of carbonyl (C=O) groups is 1. The topological polar surface area (TPSA) is 46.5 Å². The molecule has 0 aliphatic carbocycles. The van der Waals surface area contributed by atoms with Crippen molar-refractivity contribution < 1.29 is 14.6 Å². The fourth-order valence-electron chi connectivity index (χ4n) is 0.404. The van der Waals surface area contributed by atoms with Gasteiger partial charge in [-0.05, 0) is 6.26 Å². The van der Waals surface area contributed by atoms with Crippen LogP contribution < -0.4 is 0 Å². The normalized spacial score (nSPS) is 9.70. The van der Waals surface area contributed by atoms with Crippen LogP contribution in [-0.2, 0) is 9.53 Å². The number of hydrogen-bond acceptors (Lipinski definition) is 3. The molecule has 60 valence electrons. The minimum absolute atomic E-state index is 0.106. The van der Waals surface area contributed by atoms with E-state index < -0.39 is 5.97 Å². The predicted octanol–water partition coefficient (Wildman–Crippen LogP) is 0.841. The van der Waals surface area contributed by atoms with Crippen molar-refractivity contribution in [3.05, 3.63) is 0 Å². The van der Waals surface area contributed by atoms with Crippen LogP contribution in [0, 0.1) is 0 Å². The summed E-state index contributed by atoms with van der Waals surface area (Å²) >= 11 is 1.69. The summed E-state index contributed by atoms with van der Waals surface area (Å²) in [6.07, 6.45) is 2.09. The van der Waals surface area contributed by atoms with Gasteiger partial charge in [-0.2, -0.15) is 11.8 Å². The lowest BCUT2D eigenvalue weighted by molar-refractivity contribution is -0.138. The Morgan fingerprint density at radius 3 is 2.80 bits per heavy atom. The van der Waals surface area contributed by atoms with E-state index >= 15 is 0 Å². The second-order valence-electron chi connectivity index (χ2n) is 1.75. The molecule has 0 aromatic carbocycles. The molecule has 10 heavy (non-hydrogen) atoms. The van der Waals surface area contributed by atoms with Gasteiger partial charge in [0, 0.05) is 5.75 Å². The van der Waals surface area contributed by atoms with E-state index in [9.17, 15) is 4.79 Å². The zero-order valence-corrected chi connectivity index (χ0v) is 6.82. The predicted molar refractivity (Wildman–Crippen MR) is 41.5 cm³/mol. The van der Waals surface area contributed by atoms with Gasteiger partial charge in [-0.15, -0.1) is 0 Å². The molecular weight excluding hydrogens is 152 g/mol. The first-order valence-electron chi connectivity index (χ1n) is 3.06. The molecular formula is C6H12O3S. The van der Waals surface area contributed by atoms with Gasteiger partial charge in [-0.25, -0.2) is 0 Å². The van der Waals surface area contributed by atoms with E-state index in [4.69, 9.17) is 9.84 Å². The first kappa shape index (κ1) is 9.78. The highest BCUT2D eigenvalue weighted by molar-refractivity contribution is 7.98. The molecule has 0 atom stereocenters. The van der Waals surface area contributed by atoms with E-state index in [-0.39, 0.29) is 6.42 Å². The van der Waals surface area contributed by atoms with Crippen molar-refractivity contribution in [2.75, 3.05) is 25.2 Å². The summed E-state index contributed by atoms with van der Waals surface area (Å²) in [6, 6.07) is 0. The fraction of sp³-hybridized carbons (Fsp3) is 0.833. The van der Waals surface area contributed by atoms with E-state index in [0.29, 0.717) is 13.2 Å². The molecule has 0 radical (unpaired) electrons. The molecule has 0 heterocycles. The highest BCUT2D eigenvalue weighted by Gasteiger charge is 1.94. The van der Waals surface area contributed by atoms with Crippen molar-refractivity contribution >= 4 is 17.7 Å². The second-order valence-corrected chi connectivity index (χ2v) is 2.73. The highest BCUT2D eigenvalue weighted by atomic mass is 32.2. The van der Waals surface area contributed by atoms with Gasteiger partial charge in [0.15, 0.2) is 0 Å². The maximum Gasteiger partial charge on any atom is 0.305 e. The Hall–Kier alpha value is -0.220. The number of rotatable bonds is 6. The lowest BCUT2D eigenvalue weighted by atomic mass is 10.5.